The average molecular weight is 380 g/mol. The van der Waals surface area contributed by atoms with Gasteiger partial charge in [0.1, 0.15) is 5.82 Å². The highest BCUT2D eigenvalue weighted by atomic mass is 19.1. The molecule has 2 atom stereocenters. The minimum absolute atomic E-state index is 0.0150. The van der Waals surface area contributed by atoms with Crippen LogP contribution in [-0.4, -0.2) is 38.1 Å². The molecule has 0 spiro atoms. The number of carbonyl (C=O) groups is 1. The monoisotopic (exact) mass is 380 g/mol. The SMILES string of the molecule is C[C@@H]1CCc2ncc(F)cc2[C@H]2CCCN2c2ncc3ccn(c3n2)C(=O)N1. The van der Waals surface area contributed by atoms with Crippen molar-refractivity contribution in [2.75, 3.05) is 11.4 Å². The van der Waals surface area contributed by atoms with Crippen LogP contribution in [0.2, 0.25) is 0 Å². The minimum Gasteiger partial charge on any atom is -0.335 e. The predicted molar refractivity (Wildman–Crippen MR) is 103 cm³/mol. The molecule has 8 heteroatoms. The molecule has 2 aliphatic heterocycles. The lowest BCUT2D eigenvalue weighted by Crippen LogP contribution is -2.36. The third-order valence-corrected chi connectivity index (χ3v) is 5.66. The molecule has 0 saturated carbocycles. The minimum atomic E-state index is -0.332. The Morgan fingerprint density at radius 1 is 1.25 bits per heavy atom. The number of nitrogens with zero attached hydrogens (tertiary/aromatic N) is 5. The molecule has 144 valence electrons. The van der Waals surface area contributed by atoms with Crippen molar-refractivity contribution in [2.24, 2.45) is 0 Å². The third-order valence-electron chi connectivity index (χ3n) is 5.66. The highest BCUT2D eigenvalue weighted by Crippen LogP contribution is 2.36. The molecule has 5 heterocycles. The number of anilines is 1. The maximum Gasteiger partial charge on any atom is 0.327 e. The van der Waals surface area contributed by atoms with Crippen LogP contribution in [-0.2, 0) is 6.42 Å². The van der Waals surface area contributed by atoms with E-state index in [1.54, 1.807) is 18.5 Å². The van der Waals surface area contributed by atoms with Crippen molar-refractivity contribution >= 4 is 23.0 Å². The molecule has 1 N–H and O–H groups in total. The number of halogens is 1. The van der Waals surface area contributed by atoms with Crippen LogP contribution in [0.3, 0.4) is 0 Å². The lowest BCUT2D eigenvalue weighted by atomic mass is 9.98. The van der Waals surface area contributed by atoms with E-state index in [-0.39, 0.29) is 23.9 Å². The quantitative estimate of drug-likeness (QED) is 0.648. The van der Waals surface area contributed by atoms with E-state index >= 15 is 0 Å². The van der Waals surface area contributed by atoms with Gasteiger partial charge in [0.25, 0.3) is 0 Å². The average Bonchev–Trinajstić information content (AvgIpc) is 3.32. The first kappa shape index (κ1) is 17.1. The summed E-state index contributed by atoms with van der Waals surface area (Å²) >= 11 is 0. The molecule has 0 radical (unpaired) electrons. The van der Waals surface area contributed by atoms with Crippen LogP contribution >= 0.6 is 0 Å². The second-order valence-corrected chi connectivity index (χ2v) is 7.56. The molecule has 28 heavy (non-hydrogen) atoms. The summed E-state index contributed by atoms with van der Waals surface area (Å²) < 4.78 is 15.6. The molecule has 2 aliphatic rings. The number of hydrogen-bond acceptors (Lipinski definition) is 5. The molecule has 1 amide bonds. The van der Waals surface area contributed by atoms with Crippen LogP contribution in [0.5, 0.6) is 0 Å². The summed E-state index contributed by atoms with van der Waals surface area (Å²) in [6, 6.07) is 3.16. The van der Waals surface area contributed by atoms with Gasteiger partial charge in [-0.2, -0.15) is 4.98 Å². The number of aryl methyl sites for hydroxylation is 1. The Hall–Kier alpha value is -3.03. The first-order valence-electron chi connectivity index (χ1n) is 9.66. The zero-order valence-electron chi connectivity index (χ0n) is 15.6. The number of rotatable bonds is 0. The smallest absolute Gasteiger partial charge is 0.327 e. The van der Waals surface area contributed by atoms with E-state index in [0.29, 0.717) is 18.0 Å². The van der Waals surface area contributed by atoms with Gasteiger partial charge in [0, 0.05) is 36.1 Å². The zero-order valence-corrected chi connectivity index (χ0v) is 15.6. The lowest BCUT2D eigenvalue weighted by Gasteiger charge is -2.26. The summed E-state index contributed by atoms with van der Waals surface area (Å²) in [6.45, 7) is 2.75. The van der Waals surface area contributed by atoms with E-state index in [2.05, 4.69) is 20.2 Å². The molecule has 0 aliphatic carbocycles. The van der Waals surface area contributed by atoms with Gasteiger partial charge in [0.2, 0.25) is 5.95 Å². The molecule has 5 rings (SSSR count). The number of fused-ring (bicyclic) bond motifs is 5. The highest BCUT2D eigenvalue weighted by molar-refractivity contribution is 5.89. The van der Waals surface area contributed by atoms with Crippen LogP contribution in [0.25, 0.3) is 11.0 Å². The van der Waals surface area contributed by atoms with Crippen molar-refractivity contribution in [1.82, 2.24) is 24.8 Å². The number of amides is 1. The van der Waals surface area contributed by atoms with Crippen LogP contribution in [0.15, 0.2) is 30.7 Å². The van der Waals surface area contributed by atoms with Crippen LogP contribution in [0, 0.1) is 5.82 Å². The van der Waals surface area contributed by atoms with Crippen molar-refractivity contribution in [2.45, 2.75) is 44.7 Å². The molecule has 1 fully saturated rings. The predicted octanol–water partition coefficient (Wildman–Crippen LogP) is 3.20. The van der Waals surface area contributed by atoms with Gasteiger partial charge >= 0.3 is 6.03 Å². The van der Waals surface area contributed by atoms with Crippen molar-refractivity contribution < 1.29 is 9.18 Å². The third kappa shape index (κ3) is 2.80. The van der Waals surface area contributed by atoms with E-state index in [1.165, 1.54) is 10.8 Å². The van der Waals surface area contributed by atoms with Gasteiger partial charge < -0.3 is 10.2 Å². The molecule has 0 unspecified atom stereocenters. The summed E-state index contributed by atoms with van der Waals surface area (Å²) in [5.74, 6) is 0.228. The number of nitrogens with one attached hydrogen (secondary N) is 1. The Bertz CT molecular complexity index is 1060. The van der Waals surface area contributed by atoms with Crippen molar-refractivity contribution in [1.29, 1.82) is 0 Å². The van der Waals surface area contributed by atoms with Crippen molar-refractivity contribution in [3.8, 4) is 0 Å². The lowest BCUT2D eigenvalue weighted by molar-refractivity contribution is 0.239. The van der Waals surface area contributed by atoms with Gasteiger partial charge in [-0.3, -0.25) is 9.55 Å². The van der Waals surface area contributed by atoms with E-state index in [4.69, 9.17) is 4.98 Å². The molecule has 3 aromatic heterocycles. The summed E-state index contributed by atoms with van der Waals surface area (Å²) in [5, 5.41) is 3.82. The number of hydrogen-bond donors (Lipinski definition) is 1. The van der Waals surface area contributed by atoms with Crippen LogP contribution < -0.4 is 10.2 Å². The molecular weight excluding hydrogens is 359 g/mol. The van der Waals surface area contributed by atoms with Crippen LogP contribution in [0.4, 0.5) is 15.1 Å². The van der Waals surface area contributed by atoms with Gasteiger partial charge in [-0.25, -0.2) is 14.2 Å². The molecule has 0 aromatic carbocycles. The standard InChI is InChI=1S/C20H21FN6O/c1-12-4-5-16-15(9-14(21)11-22-16)17-3-2-7-26(17)19-23-10-13-6-8-27(18(13)25-19)20(28)24-12/h6,8-12,17H,2-5,7H2,1H3,(H,24,28)/t12-,17-/m1/s1. The maximum absolute atomic E-state index is 14.0. The summed E-state index contributed by atoms with van der Waals surface area (Å²) in [7, 11) is 0. The van der Waals surface area contributed by atoms with Gasteiger partial charge in [0.15, 0.2) is 5.65 Å². The number of carbonyl (C=O) groups excluding carboxylic acids is 1. The Labute approximate surface area is 161 Å². The molecule has 7 nitrogen and oxygen atoms in total. The van der Waals surface area contributed by atoms with E-state index in [9.17, 15) is 9.18 Å². The Balaban J connectivity index is 1.69. The molecule has 1 saturated heterocycles. The van der Waals surface area contributed by atoms with Crippen molar-refractivity contribution in [3.63, 3.8) is 0 Å². The first-order chi connectivity index (χ1) is 13.6. The highest BCUT2D eigenvalue weighted by Gasteiger charge is 2.31. The Kier molecular flexibility index (Phi) is 3.99. The largest absolute Gasteiger partial charge is 0.335 e. The second kappa shape index (κ2) is 6.54. The van der Waals surface area contributed by atoms with Crippen molar-refractivity contribution in [3.05, 3.63) is 47.8 Å². The first-order valence-corrected chi connectivity index (χ1v) is 9.66. The molecule has 2 bridgehead atoms. The Morgan fingerprint density at radius 2 is 2.14 bits per heavy atom. The topological polar surface area (TPSA) is 75.9 Å². The summed E-state index contributed by atoms with van der Waals surface area (Å²) in [4.78, 5) is 28.4. The second-order valence-electron chi connectivity index (χ2n) is 7.56. The fraction of sp³-hybridized carbons (Fsp3) is 0.400. The number of aromatic nitrogens is 4. The van der Waals surface area contributed by atoms with Gasteiger partial charge in [-0.15, -0.1) is 0 Å². The molecule has 3 aromatic rings. The molecular formula is C20H21FN6O. The van der Waals surface area contributed by atoms with Crippen LogP contribution in [0.1, 0.15) is 43.5 Å². The fourth-order valence-corrected chi connectivity index (χ4v) is 4.23. The van der Waals surface area contributed by atoms with E-state index in [0.717, 1.165) is 42.5 Å². The van der Waals surface area contributed by atoms with Gasteiger partial charge in [-0.05, 0) is 50.3 Å². The zero-order chi connectivity index (χ0) is 19.3. The number of pyridine rings is 1. The summed E-state index contributed by atoms with van der Waals surface area (Å²) in [5.41, 5.74) is 2.35. The van der Waals surface area contributed by atoms with Gasteiger partial charge in [-0.1, -0.05) is 0 Å². The van der Waals surface area contributed by atoms with Gasteiger partial charge in [0.05, 0.1) is 12.2 Å². The van der Waals surface area contributed by atoms with E-state index in [1.807, 2.05) is 13.0 Å². The fourth-order valence-electron chi connectivity index (χ4n) is 4.23. The maximum atomic E-state index is 14.0. The van der Waals surface area contributed by atoms with E-state index < -0.39 is 0 Å². The Morgan fingerprint density at radius 3 is 3.04 bits per heavy atom. The summed E-state index contributed by atoms with van der Waals surface area (Å²) in [6.07, 6.45) is 7.99. The normalized spacial score (nSPS) is 22.2.